The van der Waals surface area contributed by atoms with Crippen LogP contribution in [-0.4, -0.2) is 21.5 Å². The van der Waals surface area contributed by atoms with Gasteiger partial charge in [-0.3, -0.25) is 4.79 Å². The van der Waals surface area contributed by atoms with Gasteiger partial charge in [-0.15, -0.1) is 6.42 Å². The number of nitrogens with one attached hydrogen (secondary N) is 1. The van der Waals surface area contributed by atoms with Gasteiger partial charge in [0, 0.05) is 13.2 Å². The van der Waals surface area contributed by atoms with Crippen molar-refractivity contribution in [2.24, 2.45) is 7.05 Å². The quantitative estimate of drug-likeness (QED) is 0.744. The third kappa shape index (κ3) is 3.13. The van der Waals surface area contributed by atoms with E-state index in [9.17, 15) is 4.79 Å². The van der Waals surface area contributed by atoms with Crippen LogP contribution in [0.5, 0.6) is 0 Å². The van der Waals surface area contributed by atoms with Crippen molar-refractivity contribution in [3.63, 3.8) is 0 Å². The number of amides is 1. The Hall–Kier alpha value is -1.76. The molecule has 1 heterocycles. The van der Waals surface area contributed by atoms with Crippen LogP contribution in [-0.2, 0) is 7.05 Å². The van der Waals surface area contributed by atoms with Gasteiger partial charge in [-0.2, -0.15) is 0 Å². The number of carbonyl (C=O) groups excluding carboxylic acids is 1. The first kappa shape index (κ1) is 11.3. The van der Waals surface area contributed by atoms with Crippen molar-refractivity contribution in [1.29, 1.82) is 0 Å². The van der Waals surface area contributed by atoms with Crippen LogP contribution >= 0.6 is 0 Å². The van der Waals surface area contributed by atoms with Gasteiger partial charge in [0.2, 0.25) is 0 Å². The van der Waals surface area contributed by atoms with Gasteiger partial charge >= 0.3 is 0 Å². The predicted octanol–water partition coefficient (Wildman–Crippen LogP) is 0.952. The molecule has 0 aliphatic carbocycles. The molecule has 0 aliphatic rings. The fourth-order valence-electron chi connectivity index (χ4n) is 1.25. The summed E-state index contributed by atoms with van der Waals surface area (Å²) in [7, 11) is 1.81. The highest BCUT2D eigenvalue weighted by Crippen LogP contribution is 1.99. The predicted molar refractivity (Wildman–Crippen MR) is 58.2 cm³/mol. The third-order valence-corrected chi connectivity index (χ3v) is 2.02. The van der Waals surface area contributed by atoms with Gasteiger partial charge in [0.25, 0.3) is 5.91 Å². The minimum Gasteiger partial charge on any atom is -0.340 e. The van der Waals surface area contributed by atoms with Crippen LogP contribution in [0, 0.1) is 12.3 Å². The zero-order valence-electron chi connectivity index (χ0n) is 9.03. The Kier molecular flexibility index (Phi) is 3.92. The van der Waals surface area contributed by atoms with Crippen molar-refractivity contribution in [2.45, 2.75) is 25.8 Å². The molecule has 0 radical (unpaired) electrons. The molecule has 0 saturated heterocycles. The van der Waals surface area contributed by atoms with Crippen LogP contribution in [0.2, 0.25) is 0 Å². The fourth-order valence-corrected chi connectivity index (χ4v) is 1.25. The van der Waals surface area contributed by atoms with E-state index in [1.54, 1.807) is 17.1 Å². The maximum absolute atomic E-state index is 11.6. The molecule has 15 heavy (non-hydrogen) atoms. The molecule has 4 heteroatoms. The van der Waals surface area contributed by atoms with E-state index in [0.717, 1.165) is 12.8 Å². The van der Waals surface area contributed by atoms with E-state index in [1.807, 2.05) is 14.0 Å². The average molecular weight is 205 g/mol. The Morgan fingerprint density at radius 3 is 3.00 bits per heavy atom. The summed E-state index contributed by atoms with van der Waals surface area (Å²) in [5.41, 5.74) is 0.397. The van der Waals surface area contributed by atoms with E-state index in [-0.39, 0.29) is 11.9 Å². The Labute approximate surface area is 89.7 Å². The molecule has 0 saturated carbocycles. The van der Waals surface area contributed by atoms with Crippen molar-refractivity contribution in [1.82, 2.24) is 14.9 Å². The highest BCUT2D eigenvalue weighted by atomic mass is 16.1. The van der Waals surface area contributed by atoms with Gasteiger partial charge in [-0.05, 0) is 6.42 Å². The maximum atomic E-state index is 11.6. The van der Waals surface area contributed by atoms with Crippen molar-refractivity contribution in [3.8, 4) is 12.3 Å². The molecule has 4 nitrogen and oxygen atoms in total. The number of terminal acetylenes is 1. The number of aryl methyl sites for hydroxylation is 1. The second-order valence-corrected chi connectivity index (χ2v) is 3.41. The number of rotatable bonds is 4. The Balaban J connectivity index is 2.59. The highest BCUT2D eigenvalue weighted by molar-refractivity contribution is 5.92. The first-order valence-electron chi connectivity index (χ1n) is 4.92. The lowest BCUT2D eigenvalue weighted by Gasteiger charge is -2.10. The number of hydrogen-bond donors (Lipinski definition) is 1. The molecule has 1 N–H and O–H groups in total. The van der Waals surface area contributed by atoms with Gasteiger partial charge in [-0.25, -0.2) is 4.98 Å². The summed E-state index contributed by atoms with van der Waals surface area (Å²) in [6.45, 7) is 2.03. The van der Waals surface area contributed by atoms with Crippen molar-refractivity contribution in [2.75, 3.05) is 0 Å². The van der Waals surface area contributed by atoms with Crippen LogP contribution in [0.4, 0.5) is 0 Å². The van der Waals surface area contributed by atoms with E-state index < -0.39 is 0 Å². The SMILES string of the molecule is C#CC(CCC)NC(=O)c1cn(C)cn1. The van der Waals surface area contributed by atoms with E-state index >= 15 is 0 Å². The van der Waals surface area contributed by atoms with Crippen LogP contribution < -0.4 is 5.32 Å². The monoisotopic (exact) mass is 205 g/mol. The van der Waals surface area contributed by atoms with E-state index in [4.69, 9.17) is 6.42 Å². The molecule has 0 fully saturated rings. The average Bonchev–Trinajstić information content (AvgIpc) is 2.64. The first-order chi connectivity index (χ1) is 7.17. The lowest BCUT2D eigenvalue weighted by atomic mass is 10.2. The summed E-state index contributed by atoms with van der Waals surface area (Å²) >= 11 is 0. The smallest absolute Gasteiger partial charge is 0.272 e. The zero-order chi connectivity index (χ0) is 11.3. The molecular weight excluding hydrogens is 190 g/mol. The number of nitrogens with zero attached hydrogens (tertiary/aromatic N) is 2. The molecule has 1 atom stereocenters. The normalized spacial score (nSPS) is 11.8. The van der Waals surface area contributed by atoms with Crippen molar-refractivity contribution >= 4 is 5.91 Å². The van der Waals surface area contributed by atoms with Crippen LogP contribution in [0.3, 0.4) is 0 Å². The molecular formula is C11H15N3O. The van der Waals surface area contributed by atoms with Crippen LogP contribution in [0.25, 0.3) is 0 Å². The third-order valence-electron chi connectivity index (χ3n) is 2.02. The summed E-state index contributed by atoms with van der Waals surface area (Å²) < 4.78 is 1.72. The summed E-state index contributed by atoms with van der Waals surface area (Å²) in [5, 5.41) is 2.75. The molecule has 0 aromatic carbocycles. The lowest BCUT2D eigenvalue weighted by Crippen LogP contribution is -2.33. The molecule has 1 unspecified atom stereocenters. The van der Waals surface area contributed by atoms with Gasteiger partial charge < -0.3 is 9.88 Å². The van der Waals surface area contributed by atoms with Gasteiger partial charge in [0.05, 0.1) is 12.4 Å². The minimum absolute atomic E-state index is 0.204. The fraction of sp³-hybridized carbons (Fsp3) is 0.455. The minimum atomic E-state index is -0.216. The molecule has 1 rings (SSSR count). The molecule has 1 amide bonds. The van der Waals surface area contributed by atoms with Gasteiger partial charge in [0.1, 0.15) is 5.69 Å². The highest BCUT2D eigenvalue weighted by Gasteiger charge is 2.12. The lowest BCUT2D eigenvalue weighted by molar-refractivity contribution is 0.0939. The number of hydrogen-bond acceptors (Lipinski definition) is 2. The zero-order valence-corrected chi connectivity index (χ0v) is 9.03. The Morgan fingerprint density at radius 1 is 1.80 bits per heavy atom. The first-order valence-corrected chi connectivity index (χ1v) is 4.92. The molecule has 80 valence electrons. The molecule has 0 spiro atoms. The number of aromatic nitrogens is 2. The van der Waals surface area contributed by atoms with E-state index in [1.165, 1.54) is 0 Å². The molecule has 1 aromatic rings. The van der Waals surface area contributed by atoms with Crippen LogP contribution in [0.15, 0.2) is 12.5 Å². The molecule has 1 aromatic heterocycles. The topological polar surface area (TPSA) is 46.9 Å². The Bertz CT molecular complexity index is 375. The standard InChI is InChI=1S/C11H15N3O/c1-4-6-9(5-2)13-11(15)10-7-14(3)8-12-10/h2,7-9H,4,6H2,1,3H3,(H,13,15). The second-order valence-electron chi connectivity index (χ2n) is 3.41. The summed E-state index contributed by atoms with van der Waals surface area (Å²) in [6.07, 6.45) is 10.3. The summed E-state index contributed by atoms with van der Waals surface area (Å²) in [4.78, 5) is 15.6. The van der Waals surface area contributed by atoms with E-state index in [2.05, 4.69) is 16.2 Å². The summed E-state index contributed by atoms with van der Waals surface area (Å²) in [6, 6.07) is -0.204. The van der Waals surface area contributed by atoms with E-state index in [0.29, 0.717) is 5.69 Å². The Morgan fingerprint density at radius 2 is 2.53 bits per heavy atom. The maximum Gasteiger partial charge on any atom is 0.272 e. The number of imidazole rings is 1. The van der Waals surface area contributed by atoms with Crippen molar-refractivity contribution in [3.05, 3.63) is 18.2 Å². The molecule has 0 bridgehead atoms. The second kappa shape index (κ2) is 5.20. The van der Waals surface area contributed by atoms with Gasteiger partial charge in [-0.1, -0.05) is 19.3 Å². The van der Waals surface area contributed by atoms with Crippen LogP contribution in [0.1, 0.15) is 30.3 Å². The van der Waals surface area contributed by atoms with Gasteiger partial charge in [0.15, 0.2) is 0 Å². The largest absolute Gasteiger partial charge is 0.340 e. The number of carbonyl (C=O) groups is 1. The summed E-state index contributed by atoms with van der Waals surface area (Å²) in [5.74, 6) is 2.33. The van der Waals surface area contributed by atoms with Crippen molar-refractivity contribution < 1.29 is 4.79 Å². The molecule has 0 aliphatic heterocycles.